The molecule has 0 bridgehead atoms. The average Bonchev–Trinajstić information content (AvgIpc) is 3.30. The summed E-state index contributed by atoms with van der Waals surface area (Å²) in [6.45, 7) is 11.0. The maximum atomic E-state index is 13.3. The lowest BCUT2D eigenvalue weighted by Gasteiger charge is -2.45. The largest absolute Gasteiger partial charge is 0.445 e. The number of benzene rings is 2. The van der Waals surface area contributed by atoms with Crippen molar-refractivity contribution in [3.8, 4) is 0 Å². The third-order valence-corrected chi connectivity index (χ3v) is 7.74. The Balaban J connectivity index is 1.58. The molecule has 0 aromatic heterocycles. The first kappa shape index (κ1) is 27.6. The van der Waals surface area contributed by atoms with Crippen LogP contribution in [0.3, 0.4) is 0 Å². The van der Waals surface area contributed by atoms with E-state index in [1.807, 2.05) is 53.4 Å². The number of unbranched alkanes of at least 4 members (excludes halogenated alkanes) is 1. The molecule has 38 heavy (non-hydrogen) atoms. The molecule has 1 amide bonds. The van der Waals surface area contributed by atoms with Gasteiger partial charge in [-0.3, -0.25) is 9.80 Å². The van der Waals surface area contributed by atoms with E-state index in [0.29, 0.717) is 5.90 Å². The van der Waals surface area contributed by atoms with Gasteiger partial charge in [-0.05, 0) is 62.1 Å². The molecule has 0 fully saturated rings. The molecule has 2 aliphatic heterocycles. The number of hydrogen-bond acceptors (Lipinski definition) is 6. The van der Waals surface area contributed by atoms with Gasteiger partial charge in [0, 0.05) is 57.6 Å². The fourth-order valence-electron chi connectivity index (χ4n) is 5.44. The zero-order valence-corrected chi connectivity index (χ0v) is 24.1. The first-order chi connectivity index (χ1) is 18.3. The predicted octanol–water partition coefficient (Wildman–Crippen LogP) is 5.45. The van der Waals surface area contributed by atoms with Gasteiger partial charge < -0.3 is 19.4 Å². The topological polar surface area (TPSA) is 51.6 Å². The number of hydrazone groups is 1. The molecule has 0 saturated carbocycles. The van der Waals surface area contributed by atoms with Gasteiger partial charge in [-0.15, -0.1) is 5.10 Å². The van der Waals surface area contributed by atoms with Crippen LogP contribution >= 0.6 is 0 Å². The molecule has 7 nitrogen and oxygen atoms in total. The van der Waals surface area contributed by atoms with Crippen molar-refractivity contribution < 1.29 is 9.53 Å². The predicted molar refractivity (Wildman–Crippen MR) is 154 cm³/mol. The van der Waals surface area contributed by atoms with Crippen molar-refractivity contribution in [1.82, 2.24) is 19.7 Å². The highest BCUT2D eigenvalue weighted by molar-refractivity contribution is 5.95. The van der Waals surface area contributed by atoms with Crippen LogP contribution < -0.4 is 0 Å². The molecule has 204 valence electrons. The fraction of sp³-hybridized carbons (Fsp3) is 0.484. The fourth-order valence-corrected chi connectivity index (χ4v) is 5.44. The van der Waals surface area contributed by atoms with Crippen LogP contribution in [0.4, 0.5) is 0 Å². The third kappa shape index (κ3) is 5.52. The van der Waals surface area contributed by atoms with Gasteiger partial charge in [-0.2, -0.15) is 0 Å². The van der Waals surface area contributed by atoms with E-state index < -0.39 is 0 Å². The summed E-state index contributed by atoms with van der Waals surface area (Å²) in [7, 11) is 6.23. The van der Waals surface area contributed by atoms with Crippen molar-refractivity contribution in [2.75, 3.05) is 40.8 Å². The van der Waals surface area contributed by atoms with E-state index in [9.17, 15) is 4.79 Å². The molecule has 2 atom stereocenters. The highest BCUT2D eigenvalue weighted by atomic mass is 16.5. The van der Waals surface area contributed by atoms with Gasteiger partial charge in [0.15, 0.2) is 0 Å². The maximum absolute atomic E-state index is 13.3. The number of amides is 1. The standard InChI is InChI=1S/C31H43N5O2/c1-8-10-19-36(18-9-2)30(37)25-16-17-26(22(3)20-25)27-21-33(5)23(4)28(34(27)6)31-35(7)32-29(38-31)24-14-12-11-13-15-24/h11-17,20,27,31H,8-10,18-19,21H2,1-7H3. The van der Waals surface area contributed by atoms with Gasteiger partial charge in [-0.25, -0.2) is 0 Å². The Kier molecular flexibility index (Phi) is 8.65. The monoisotopic (exact) mass is 517 g/mol. The van der Waals surface area contributed by atoms with Crippen LogP contribution in [0.25, 0.3) is 0 Å². The highest BCUT2D eigenvalue weighted by Gasteiger charge is 2.39. The quantitative estimate of drug-likeness (QED) is 0.443. The lowest BCUT2D eigenvalue weighted by molar-refractivity contribution is 0.0556. The van der Waals surface area contributed by atoms with Gasteiger partial charge in [0.05, 0.1) is 11.7 Å². The Labute approximate surface area is 228 Å². The van der Waals surface area contributed by atoms with E-state index in [2.05, 4.69) is 63.7 Å². The zero-order valence-electron chi connectivity index (χ0n) is 24.1. The molecular weight excluding hydrogens is 474 g/mol. The van der Waals surface area contributed by atoms with E-state index in [-0.39, 0.29) is 18.2 Å². The lowest BCUT2D eigenvalue weighted by Crippen LogP contribution is -2.46. The minimum absolute atomic E-state index is 0.118. The SMILES string of the molecule is CCCCN(CCC)C(=O)c1ccc(C2CN(C)C(C)=C(C3OC(c4ccccc4)=NN3C)N2C)c(C)c1. The minimum Gasteiger partial charge on any atom is -0.445 e. The summed E-state index contributed by atoms with van der Waals surface area (Å²) in [5.74, 6) is 0.766. The summed E-state index contributed by atoms with van der Waals surface area (Å²) in [5.41, 5.74) is 6.36. The Morgan fingerprint density at radius 1 is 1.03 bits per heavy atom. The number of allylic oxidation sites excluding steroid dienone is 1. The molecule has 2 aromatic carbocycles. The second-order valence-corrected chi connectivity index (χ2v) is 10.5. The number of carbonyl (C=O) groups is 1. The third-order valence-electron chi connectivity index (χ3n) is 7.74. The number of ether oxygens (including phenoxy) is 1. The number of hydrogen-bond donors (Lipinski definition) is 0. The van der Waals surface area contributed by atoms with Crippen LogP contribution in [0.15, 0.2) is 65.0 Å². The molecule has 0 radical (unpaired) electrons. The van der Waals surface area contributed by atoms with Crippen LogP contribution in [0, 0.1) is 6.92 Å². The second kappa shape index (κ2) is 11.9. The minimum atomic E-state index is -0.317. The molecule has 0 saturated heterocycles. The van der Waals surface area contributed by atoms with Crippen LogP contribution in [-0.2, 0) is 4.74 Å². The average molecular weight is 518 g/mol. The molecule has 2 aliphatic rings. The van der Waals surface area contributed by atoms with Gasteiger partial charge in [0.1, 0.15) is 0 Å². The van der Waals surface area contributed by atoms with E-state index >= 15 is 0 Å². The Bertz CT molecular complexity index is 1190. The van der Waals surface area contributed by atoms with Gasteiger partial charge in [0.2, 0.25) is 12.1 Å². The molecule has 2 unspecified atom stereocenters. The van der Waals surface area contributed by atoms with Crippen molar-refractivity contribution in [1.29, 1.82) is 0 Å². The number of rotatable bonds is 9. The van der Waals surface area contributed by atoms with Crippen molar-refractivity contribution in [3.63, 3.8) is 0 Å². The molecule has 0 N–H and O–H groups in total. The molecule has 0 spiro atoms. The van der Waals surface area contributed by atoms with Crippen molar-refractivity contribution >= 4 is 11.8 Å². The number of aryl methyl sites for hydroxylation is 1. The van der Waals surface area contributed by atoms with E-state index in [1.54, 1.807) is 0 Å². The van der Waals surface area contributed by atoms with Crippen LogP contribution in [0.5, 0.6) is 0 Å². The smallest absolute Gasteiger partial charge is 0.253 e. The first-order valence-corrected chi connectivity index (χ1v) is 13.8. The number of nitrogens with zero attached hydrogens (tertiary/aromatic N) is 5. The molecule has 2 aromatic rings. The molecule has 4 rings (SSSR count). The Morgan fingerprint density at radius 2 is 1.76 bits per heavy atom. The van der Waals surface area contributed by atoms with E-state index in [4.69, 9.17) is 9.84 Å². The molecule has 0 aliphatic carbocycles. The first-order valence-electron chi connectivity index (χ1n) is 13.8. The Morgan fingerprint density at radius 3 is 2.42 bits per heavy atom. The van der Waals surface area contributed by atoms with Crippen molar-refractivity contribution in [3.05, 3.63) is 82.2 Å². The summed E-state index contributed by atoms with van der Waals surface area (Å²) in [6.07, 6.45) is 2.76. The summed E-state index contributed by atoms with van der Waals surface area (Å²) in [5, 5.41) is 6.62. The van der Waals surface area contributed by atoms with Crippen LogP contribution in [-0.4, -0.2) is 78.5 Å². The summed E-state index contributed by atoms with van der Waals surface area (Å²) in [4.78, 5) is 19.9. The second-order valence-electron chi connectivity index (χ2n) is 10.5. The number of likely N-dealkylation sites (N-methyl/N-ethyl adjacent to an activating group) is 3. The van der Waals surface area contributed by atoms with Gasteiger partial charge in [-0.1, -0.05) is 44.5 Å². The van der Waals surface area contributed by atoms with Gasteiger partial charge in [0.25, 0.3) is 5.91 Å². The lowest BCUT2D eigenvalue weighted by atomic mass is 9.94. The summed E-state index contributed by atoms with van der Waals surface area (Å²) >= 11 is 0. The van der Waals surface area contributed by atoms with Crippen molar-refractivity contribution in [2.45, 2.75) is 59.2 Å². The van der Waals surface area contributed by atoms with Crippen molar-refractivity contribution in [2.24, 2.45) is 5.10 Å². The normalized spacial score (nSPS) is 19.6. The van der Waals surface area contributed by atoms with Crippen LogP contribution in [0.2, 0.25) is 0 Å². The van der Waals surface area contributed by atoms with Crippen LogP contribution in [0.1, 0.15) is 73.1 Å². The highest BCUT2D eigenvalue weighted by Crippen LogP contribution is 2.37. The summed E-state index contributed by atoms with van der Waals surface area (Å²) in [6, 6.07) is 16.4. The molecule has 2 heterocycles. The Hall–Kier alpha value is -3.48. The summed E-state index contributed by atoms with van der Waals surface area (Å²) < 4.78 is 6.43. The van der Waals surface area contributed by atoms with E-state index in [1.165, 1.54) is 11.3 Å². The van der Waals surface area contributed by atoms with Gasteiger partial charge >= 0.3 is 0 Å². The van der Waals surface area contributed by atoms with E-state index in [0.717, 1.165) is 61.3 Å². The zero-order chi connectivity index (χ0) is 27.4. The molecular formula is C31H43N5O2. The number of carbonyl (C=O) groups excluding carboxylic acids is 1. The molecule has 7 heteroatoms. The maximum Gasteiger partial charge on any atom is 0.253 e.